The van der Waals surface area contributed by atoms with Gasteiger partial charge in [0, 0.05) is 0 Å². The topological polar surface area (TPSA) is 0 Å². The van der Waals surface area contributed by atoms with Gasteiger partial charge in [0.25, 0.3) is 0 Å². The third kappa shape index (κ3) is 0.888. The molecule has 0 aromatic rings. The van der Waals surface area contributed by atoms with Crippen molar-refractivity contribution in [3.05, 3.63) is 5.92 Å². The average Bonchev–Trinajstić information content (AvgIpc) is 2.52. The van der Waals surface area contributed by atoms with Crippen LogP contribution in [0, 0.1) is 17.8 Å². The summed E-state index contributed by atoms with van der Waals surface area (Å²) in [4.78, 5) is 0. The maximum atomic E-state index is 2.34. The van der Waals surface area contributed by atoms with Gasteiger partial charge < -0.3 is 0 Å². The molecule has 2 aliphatic carbocycles. The lowest BCUT2D eigenvalue weighted by molar-refractivity contribution is 0.774. The summed E-state index contributed by atoms with van der Waals surface area (Å²) in [5, 5.41) is 0. The van der Waals surface area contributed by atoms with Crippen molar-refractivity contribution in [2.24, 2.45) is 11.8 Å². The van der Waals surface area contributed by atoms with Crippen LogP contribution in [0.4, 0.5) is 0 Å². The molecule has 0 heterocycles. The number of hydrogen-bond acceptors (Lipinski definition) is 0. The van der Waals surface area contributed by atoms with E-state index in [4.69, 9.17) is 0 Å². The highest BCUT2D eigenvalue weighted by Gasteiger charge is 2.37. The van der Waals surface area contributed by atoms with Gasteiger partial charge in [-0.25, -0.2) is 0 Å². The molecular formula is C8H13. The fourth-order valence-corrected chi connectivity index (χ4v) is 1.31. The standard InChI is InChI=1S/C8H13/c1-6-4-8(6)5-7-2-3-7/h6-7H,2-5H2,1H3. The van der Waals surface area contributed by atoms with Gasteiger partial charge in [-0.05, 0) is 30.6 Å². The van der Waals surface area contributed by atoms with Crippen molar-refractivity contribution in [1.82, 2.24) is 0 Å². The van der Waals surface area contributed by atoms with Gasteiger partial charge in [-0.2, -0.15) is 0 Å². The van der Waals surface area contributed by atoms with E-state index >= 15 is 0 Å². The Balaban J connectivity index is 1.69. The zero-order valence-corrected chi connectivity index (χ0v) is 5.48. The molecule has 0 aromatic carbocycles. The van der Waals surface area contributed by atoms with E-state index in [1.165, 1.54) is 25.7 Å². The van der Waals surface area contributed by atoms with E-state index in [9.17, 15) is 0 Å². The molecule has 1 radical (unpaired) electrons. The van der Waals surface area contributed by atoms with Crippen molar-refractivity contribution in [2.75, 3.05) is 0 Å². The Morgan fingerprint density at radius 2 is 2.12 bits per heavy atom. The van der Waals surface area contributed by atoms with E-state index in [0.717, 1.165) is 11.8 Å². The Bertz CT molecular complexity index is 92.2. The van der Waals surface area contributed by atoms with Crippen LogP contribution in [0.5, 0.6) is 0 Å². The van der Waals surface area contributed by atoms with Crippen LogP contribution in [0.1, 0.15) is 32.6 Å². The molecule has 0 aliphatic heterocycles. The maximum absolute atomic E-state index is 2.34. The molecule has 0 amide bonds. The fourth-order valence-electron chi connectivity index (χ4n) is 1.31. The molecule has 45 valence electrons. The zero-order valence-electron chi connectivity index (χ0n) is 5.48. The van der Waals surface area contributed by atoms with E-state index in [-0.39, 0.29) is 0 Å². The Labute approximate surface area is 51.3 Å². The van der Waals surface area contributed by atoms with Crippen LogP contribution in [0.3, 0.4) is 0 Å². The Morgan fingerprint density at radius 1 is 1.50 bits per heavy atom. The van der Waals surface area contributed by atoms with Crippen molar-refractivity contribution >= 4 is 0 Å². The van der Waals surface area contributed by atoms with Crippen molar-refractivity contribution in [3.8, 4) is 0 Å². The molecule has 8 heavy (non-hydrogen) atoms. The molecule has 0 saturated heterocycles. The van der Waals surface area contributed by atoms with Crippen molar-refractivity contribution in [3.63, 3.8) is 0 Å². The van der Waals surface area contributed by atoms with Gasteiger partial charge in [-0.1, -0.05) is 19.8 Å². The molecule has 0 spiro atoms. The first-order chi connectivity index (χ1) is 3.86. The molecule has 0 heteroatoms. The smallest absolute Gasteiger partial charge is 0.0207 e. The highest BCUT2D eigenvalue weighted by Crippen LogP contribution is 2.49. The van der Waals surface area contributed by atoms with Crippen LogP contribution in [-0.4, -0.2) is 0 Å². The zero-order chi connectivity index (χ0) is 5.56. The van der Waals surface area contributed by atoms with E-state index in [1.807, 2.05) is 5.92 Å². The Morgan fingerprint density at radius 3 is 2.50 bits per heavy atom. The molecule has 1 atom stereocenters. The van der Waals surface area contributed by atoms with Crippen LogP contribution < -0.4 is 0 Å². The molecule has 2 fully saturated rings. The van der Waals surface area contributed by atoms with Crippen molar-refractivity contribution < 1.29 is 0 Å². The third-order valence-corrected chi connectivity index (χ3v) is 2.35. The lowest BCUT2D eigenvalue weighted by Crippen LogP contribution is -1.77. The SMILES string of the molecule is CC1C[C]1CC1CC1. The molecular weight excluding hydrogens is 96.1 g/mol. The Kier molecular flexibility index (Phi) is 0.902. The highest BCUT2D eigenvalue weighted by molar-refractivity contribution is 5.13. The van der Waals surface area contributed by atoms with E-state index < -0.39 is 0 Å². The van der Waals surface area contributed by atoms with Gasteiger partial charge in [-0.3, -0.25) is 0 Å². The van der Waals surface area contributed by atoms with Gasteiger partial charge in [0.2, 0.25) is 0 Å². The quantitative estimate of drug-likeness (QED) is 0.510. The predicted molar refractivity (Wildman–Crippen MR) is 34.4 cm³/mol. The summed E-state index contributed by atoms with van der Waals surface area (Å²) in [7, 11) is 0. The Hall–Kier alpha value is 0. The van der Waals surface area contributed by atoms with E-state index in [0.29, 0.717) is 0 Å². The van der Waals surface area contributed by atoms with Gasteiger partial charge in [0.15, 0.2) is 0 Å². The van der Waals surface area contributed by atoms with Crippen LogP contribution in [0.15, 0.2) is 0 Å². The first-order valence-electron chi connectivity index (χ1n) is 3.71. The van der Waals surface area contributed by atoms with Crippen LogP contribution in [-0.2, 0) is 0 Å². The second kappa shape index (κ2) is 1.49. The number of hydrogen-bond donors (Lipinski definition) is 0. The minimum atomic E-state index is 1.01. The highest BCUT2D eigenvalue weighted by atomic mass is 14.4. The summed E-state index contributed by atoms with van der Waals surface area (Å²) in [5.74, 6) is 4.00. The van der Waals surface area contributed by atoms with Gasteiger partial charge >= 0.3 is 0 Å². The van der Waals surface area contributed by atoms with Gasteiger partial charge in [0.1, 0.15) is 0 Å². The first-order valence-corrected chi connectivity index (χ1v) is 3.71. The molecule has 0 N–H and O–H groups in total. The van der Waals surface area contributed by atoms with Gasteiger partial charge in [0.05, 0.1) is 0 Å². The van der Waals surface area contributed by atoms with Crippen LogP contribution in [0.2, 0.25) is 0 Å². The summed E-state index contributed by atoms with van der Waals surface area (Å²) in [6.45, 7) is 2.34. The minimum absolute atomic E-state index is 1.01. The second-order valence-electron chi connectivity index (χ2n) is 3.41. The largest absolute Gasteiger partial charge is 0.0619 e. The molecule has 0 aromatic heterocycles. The van der Waals surface area contributed by atoms with E-state index in [1.54, 1.807) is 0 Å². The molecule has 0 bridgehead atoms. The summed E-state index contributed by atoms with van der Waals surface area (Å²) in [6, 6.07) is 0. The summed E-state index contributed by atoms with van der Waals surface area (Å²) < 4.78 is 0. The lowest BCUT2D eigenvalue weighted by atomic mass is 10.2. The second-order valence-corrected chi connectivity index (χ2v) is 3.41. The lowest BCUT2D eigenvalue weighted by Gasteiger charge is -1.88. The van der Waals surface area contributed by atoms with Crippen molar-refractivity contribution in [1.29, 1.82) is 0 Å². The van der Waals surface area contributed by atoms with E-state index in [2.05, 4.69) is 6.92 Å². The molecule has 2 rings (SSSR count). The first kappa shape index (κ1) is 4.84. The monoisotopic (exact) mass is 109 g/mol. The van der Waals surface area contributed by atoms with Crippen molar-refractivity contribution in [2.45, 2.75) is 32.6 Å². The van der Waals surface area contributed by atoms with Crippen LogP contribution >= 0.6 is 0 Å². The summed E-state index contributed by atoms with van der Waals surface area (Å²) >= 11 is 0. The summed E-state index contributed by atoms with van der Waals surface area (Å²) in [6.07, 6.45) is 5.99. The van der Waals surface area contributed by atoms with Gasteiger partial charge in [-0.15, -0.1) is 0 Å². The summed E-state index contributed by atoms with van der Waals surface area (Å²) in [5.41, 5.74) is 0. The normalized spacial score (nSPS) is 37.9. The maximum Gasteiger partial charge on any atom is -0.0207 e. The average molecular weight is 109 g/mol. The molecule has 2 saturated carbocycles. The third-order valence-electron chi connectivity index (χ3n) is 2.35. The molecule has 2 aliphatic rings. The molecule has 0 nitrogen and oxygen atoms in total. The fraction of sp³-hybridized carbons (Fsp3) is 0.875. The minimum Gasteiger partial charge on any atom is -0.0619 e. The van der Waals surface area contributed by atoms with Crippen LogP contribution in [0.25, 0.3) is 0 Å². The predicted octanol–water partition coefficient (Wildman–Crippen LogP) is 2.40. The number of rotatable bonds is 2. The molecule has 1 unspecified atom stereocenters.